The molecule has 0 amide bonds. The third-order valence-electron chi connectivity index (χ3n) is 3.86. The summed E-state index contributed by atoms with van der Waals surface area (Å²) in [5, 5.41) is 9.02. The predicted octanol–water partition coefficient (Wildman–Crippen LogP) is 5.67. The zero-order valence-electron chi connectivity index (χ0n) is 14.2. The van der Waals surface area contributed by atoms with E-state index in [4.69, 9.17) is 14.7 Å². The van der Waals surface area contributed by atoms with Gasteiger partial charge in [0.25, 0.3) is 0 Å². The first-order chi connectivity index (χ1) is 12.8. The highest BCUT2D eigenvalue weighted by molar-refractivity contribution is 9.10. The smallest absolute Gasteiger partial charge is 0.162 e. The molecular formula is C22H18BrNO2. The van der Waals surface area contributed by atoms with E-state index in [9.17, 15) is 0 Å². The lowest BCUT2D eigenvalue weighted by Crippen LogP contribution is -2.02. The third-order valence-corrected chi connectivity index (χ3v) is 4.59. The van der Waals surface area contributed by atoms with E-state index in [2.05, 4.69) is 22.0 Å². The molecule has 130 valence electrons. The summed E-state index contributed by atoms with van der Waals surface area (Å²) in [5.74, 6) is 1.29. The molecule has 0 atom stereocenters. The number of nitriles is 1. The van der Waals surface area contributed by atoms with Gasteiger partial charge in [0.2, 0.25) is 0 Å². The molecule has 0 heterocycles. The lowest BCUT2D eigenvalue weighted by atomic mass is 10.1. The van der Waals surface area contributed by atoms with Crippen LogP contribution >= 0.6 is 15.9 Å². The van der Waals surface area contributed by atoms with Crippen molar-refractivity contribution in [2.45, 2.75) is 19.6 Å². The van der Waals surface area contributed by atoms with Crippen LogP contribution in [0.2, 0.25) is 0 Å². The van der Waals surface area contributed by atoms with Gasteiger partial charge in [-0.2, -0.15) is 5.26 Å². The van der Waals surface area contributed by atoms with E-state index in [1.165, 1.54) is 0 Å². The maximum atomic E-state index is 9.02. The van der Waals surface area contributed by atoms with Gasteiger partial charge in [-0.15, -0.1) is 0 Å². The second-order valence-corrected chi connectivity index (χ2v) is 6.63. The molecule has 3 nitrogen and oxygen atoms in total. The van der Waals surface area contributed by atoms with Crippen LogP contribution in [0.3, 0.4) is 0 Å². The Morgan fingerprint density at radius 1 is 0.769 bits per heavy atom. The van der Waals surface area contributed by atoms with Crippen molar-refractivity contribution in [2.75, 3.05) is 0 Å². The molecule has 0 aliphatic heterocycles. The molecule has 4 heteroatoms. The average molecular weight is 408 g/mol. The molecule has 0 saturated carbocycles. The number of hydrogen-bond donors (Lipinski definition) is 0. The molecule has 3 aromatic carbocycles. The third kappa shape index (κ3) is 4.87. The summed E-state index contributed by atoms with van der Waals surface area (Å²) >= 11 is 3.52. The fraction of sp³-hybridized carbons (Fsp3) is 0.136. The van der Waals surface area contributed by atoms with Gasteiger partial charge in [-0.3, -0.25) is 0 Å². The Labute approximate surface area is 161 Å². The number of hydrogen-bond acceptors (Lipinski definition) is 3. The Kier molecular flexibility index (Phi) is 6.29. The van der Waals surface area contributed by atoms with Gasteiger partial charge in [-0.05, 0) is 28.8 Å². The molecule has 0 aliphatic carbocycles. The van der Waals surface area contributed by atoms with Crippen LogP contribution in [0.15, 0.2) is 77.3 Å². The first-order valence-electron chi connectivity index (χ1n) is 8.29. The molecule has 0 aromatic heterocycles. The highest BCUT2D eigenvalue weighted by Gasteiger charge is 2.12. The van der Waals surface area contributed by atoms with Gasteiger partial charge in [0.05, 0.1) is 12.5 Å². The van der Waals surface area contributed by atoms with Gasteiger partial charge >= 0.3 is 0 Å². The SMILES string of the molecule is N#CCc1cc(OCc2ccccc2)c(OCc2ccccc2)cc1Br. The van der Waals surface area contributed by atoms with E-state index < -0.39 is 0 Å². The molecular weight excluding hydrogens is 390 g/mol. The summed E-state index contributed by atoms with van der Waals surface area (Å²) in [7, 11) is 0. The summed E-state index contributed by atoms with van der Waals surface area (Å²) in [6, 6.07) is 25.9. The fourth-order valence-corrected chi connectivity index (χ4v) is 2.96. The minimum Gasteiger partial charge on any atom is -0.485 e. The minimum atomic E-state index is 0.307. The number of ether oxygens (including phenoxy) is 2. The Morgan fingerprint density at radius 2 is 1.27 bits per heavy atom. The van der Waals surface area contributed by atoms with E-state index in [-0.39, 0.29) is 0 Å². The van der Waals surface area contributed by atoms with Crippen LogP contribution in [0.5, 0.6) is 11.5 Å². The molecule has 26 heavy (non-hydrogen) atoms. The molecule has 0 N–H and O–H groups in total. The maximum absolute atomic E-state index is 9.02. The molecule has 0 spiro atoms. The largest absolute Gasteiger partial charge is 0.485 e. The van der Waals surface area contributed by atoms with Crippen molar-refractivity contribution in [1.29, 1.82) is 5.26 Å². The van der Waals surface area contributed by atoms with Gasteiger partial charge in [0.15, 0.2) is 11.5 Å². The van der Waals surface area contributed by atoms with Crippen LogP contribution in [-0.4, -0.2) is 0 Å². The molecule has 0 radical (unpaired) electrons. The summed E-state index contributed by atoms with van der Waals surface area (Å²) in [5.41, 5.74) is 3.03. The maximum Gasteiger partial charge on any atom is 0.162 e. The summed E-state index contributed by atoms with van der Waals surface area (Å²) in [4.78, 5) is 0. The Balaban J connectivity index is 1.81. The van der Waals surface area contributed by atoms with Crippen LogP contribution in [0.1, 0.15) is 16.7 Å². The highest BCUT2D eigenvalue weighted by atomic mass is 79.9. The molecule has 0 bridgehead atoms. The Bertz CT molecular complexity index is 889. The van der Waals surface area contributed by atoms with Gasteiger partial charge in [0.1, 0.15) is 13.2 Å². The van der Waals surface area contributed by atoms with Crippen molar-refractivity contribution in [3.8, 4) is 17.6 Å². The zero-order chi connectivity index (χ0) is 18.2. The van der Waals surface area contributed by atoms with Gasteiger partial charge in [0, 0.05) is 4.47 Å². The van der Waals surface area contributed by atoms with E-state index in [1.807, 2.05) is 72.8 Å². The molecule has 0 fully saturated rings. The summed E-state index contributed by atoms with van der Waals surface area (Å²) < 4.78 is 12.8. The number of halogens is 1. The number of benzene rings is 3. The second kappa shape index (κ2) is 9.07. The van der Waals surface area contributed by atoms with E-state index in [0.29, 0.717) is 31.1 Å². The van der Waals surface area contributed by atoms with Crippen LogP contribution in [0, 0.1) is 11.3 Å². The lowest BCUT2D eigenvalue weighted by Gasteiger charge is -2.15. The predicted molar refractivity (Wildman–Crippen MR) is 105 cm³/mol. The standard InChI is InChI=1S/C22H18BrNO2/c23-20-14-22(26-16-18-9-5-2-6-10-18)21(13-19(20)11-12-24)25-15-17-7-3-1-4-8-17/h1-10,13-14H,11,15-16H2. The Morgan fingerprint density at radius 3 is 1.77 bits per heavy atom. The first-order valence-corrected chi connectivity index (χ1v) is 9.08. The number of rotatable bonds is 7. The first kappa shape index (κ1) is 18.0. The monoisotopic (exact) mass is 407 g/mol. The fourth-order valence-electron chi connectivity index (χ4n) is 2.49. The molecule has 0 saturated heterocycles. The molecule has 0 unspecified atom stereocenters. The van der Waals surface area contributed by atoms with E-state index >= 15 is 0 Å². The van der Waals surface area contributed by atoms with Crippen molar-refractivity contribution in [1.82, 2.24) is 0 Å². The van der Waals surface area contributed by atoms with Gasteiger partial charge in [-0.25, -0.2) is 0 Å². The van der Waals surface area contributed by atoms with E-state index in [1.54, 1.807) is 0 Å². The minimum absolute atomic E-state index is 0.307. The van der Waals surface area contributed by atoms with E-state index in [0.717, 1.165) is 21.2 Å². The van der Waals surface area contributed by atoms with Crippen molar-refractivity contribution < 1.29 is 9.47 Å². The van der Waals surface area contributed by atoms with Crippen LogP contribution in [0.25, 0.3) is 0 Å². The Hall–Kier alpha value is -2.77. The summed E-state index contributed by atoms with van der Waals surface area (Å²) in [6.07, 6.45) is 0.307. The quantitative estimate of drug-likeness (QED) is 0.506. The second-order valence-electron chi connectivity index (χ2n) is 5.77. The summed E-state index contributed by atoms with van der Waals surface area (Å²) in [6.45, 7) is 0.892. The molecule has 0 aliphatic rings. The van der Waals surface area contributed by atoms with Crippen molar-refractivity contribution >= 4 is 15.9 Å². The van der Waals surface area contributed by atoms with Crippen LogP contribution in [-0.2, 0) is 19.6 Å². The van der Waals surface area contributed by atoms with Gasteiger partial charge in [-0.1, -0.05) is 76.6 Å². The number of nitrogens with zero attached hydrogens (tertiary/aromatic N) is 1. The topological polar surface area (TPSA) is 42.2 Å². The van der Waals surface area contributed by atoms with Crippen molar-refractivity contribution in [2.24, 2.45) is 0 Å². The normalized spacial score (nSPS) is 10.2. The molecule has 3 aromatic rings. The zero-order valence-corrected chi connectivity index (χ0v) is 15.8. The van der Waals surface area contributed by atoms with Crippen molar-refractivity contribution in [3.05, 3.63) is 94.0 Å². The van der Waals surface area contributed by atoms with Crippen molar-refractivity contribution in [3.63, 3.8) is 0 Å². The average Bonchev–Trinajstić information content (AvgIpc) is 2.69. The highest BCUT2D eigenvalue weighted by Crippen LogP contribution is 2.35. The van der Waals surface area contributed by atoms with Crippen LogP contribution < -0.4 is 9.47 Å². The molecule has 3 rings (SSSR count). The lowest BCUT2D eigenvalue weighted by molar-refractivity contribution is 0.255. The van der Waals surface area contributed by atoms with Gasteiger partial charge < -0.3 is 9.47 Å². The van der Waals surface area contributed by atoms with Crippen LogP contribution in [0.4, 0.5) is 0 Å².